The molecule has 0 aliphatic carbocycles. The molecule has 2 heterocycles. The van der Waals surface area contributed by atoms with Crippen LogP contribution in [0.5, 0.6) is 5.75 Å². The van der Waals surface area contributed by atoms with E-state index in [-0.39, 0.29) is 0 Å². The van der Waals surface area contributed by atoms with Gasteiger partial charge >= 0.3 is 0 Å². The highest BCUT2D eigenvalue weighted by Gasteiger charge is 2.18. The van der Waals surface area contributed by atoms with E-state index >= 15 is 0 Å². The van der Waals surface area contributed by atoms with Crippen LogP contribution < -0.4 is 10.5 Å². The molecule has 1 aliphatic heterocycles. The number of ether oxygens (including phenoxy) is 1. The van der Waals surface area contributed by atoms with Gasteiger partial charge in [0.2, 0.25) is 0 Å². The molecule has 2 aromatic rings. The summed E-state index contributed by atoms with van der Waals surface area (Å²) in [5.74, 6) is 0.829. The van der Waals surface area contributed by atoms with Gasteiger partial charge in [0.15, 0.2) is 0 Å². The number of nitrogens with two attached hydrogens (primary N) is 1. The molecular weight excluding hydrogens is 190 g/mol. The predicted molar refractivity (Wildman–Crippen MR) is 56.2 cm³/mol. The predicted octanol–water partition coefficient (Wildman–Crippen LogP) is 1.62. The van der Waals surface area contributed by atoms with Crippen molar-refractivity contribution in [3.63, 3.8) is 0 Å². The molecular formula is C11H9N3O. The maximum absolute atomic E-state index is 5.74. The van der Waals surface area contributed by atoms with Gasteiger partial charge in [-0.2, -0.15) is 0 Å². The van der Waals surface area contributed by atoms with Gasteiger partial charge < -0.3 is 10.5 Å². The van der Waals surface area contributed by atoms with Gasteiger partial charge in [0.25, 0.3) is 0 Å². The second kappa shape index (κ2) is 2.95. The molecule has 0 bridgehead atoms. The van der Waals surface area contributed by atoms with E-state index in [1.165, 1.54) is 6.33 Å². The summed E-state index contributed by atoms with van der Waals surface area (Å²) < 4.78 is 5.57. The molecule has 2 N–H and O–H groups in total. The number of nitrogen functional groups attached to an aromatic ring is 1. The number of hydrogen-bond donors (Lipinski definition) is 1. The smallest absolute Gasteiger partial charge is 0.129 e. The Bertz CT molecular complexity index is 525. The summed E-state index contributed by atoms with van der Waals surface area (Å²) in [6.45, 7) is 0.521. The Morgan fingerprint density at radius 2 is 2.27 bits per heavy atom. The van der Waals surface area contributed by atoms with Gasteiger partial charge in [0.1, 0.15) is 18.7 Å². The molecule has 74 valence electrons. The summed E-state index contributed by atoms with van der Waals surface area (Å²) in [6, 6.07) is 5.57. The first-order valence-electron chi connectivity index (χ1n) is 4.66. The molecule has 15 heavy (non-hydrogen) atoms. The van der Waals surface area contributed by atoms with Crippen molar-refractivity contribution in [1.82, 2.24) is 9.97 Å². The average Bonchev–Trinajstić information content (AvgIpc) is 2.29. The van der Waals surface area contributed by atoms with E-state index in [9.17, 15) is 0 Å². The van der Waals surface area contributed by atoms with Gasteiger partial charge in [-0.05, 0) is 18.2 Å². The first-order chi connectivity index (χ1) is 7.34. The van der Waals surface area contributed by atoms with Crippen molar-refractivity contribution >= 4 is 5.69 Å². The minimum absolute atomic E-state index is 0.521. The molecule has 0 radical (unpaired) electrons. The van der Waals surface area contributed by atoms with E-state index in [0.717, 1.165) is 22.6 Å². The molecule has 1 aromatic heterocycles. The number of benzene rings is 1. The van der Waals surface area contributed by atoms with Crippen LogP contribution in [0.3, 0.4) is 0 Å². The van der Waals surface area contributed by atoms with Gasteiger partial charge in [0, 0.05) is 23.0 Å². The average molecular weight is 199 g/mol. The lowest BCUT2D eigenvalue weighted by Gasteiger charge is -2.19. The second-order valence-corrected chi connectivity index (χ2v) is 3.44. The highest BCUT2D eigenvalue weighted by atomic mass is 16.5. The third-order valence-electron chi connectivity index (χ3n) is 2.43. The Balaban J connectivity index is 2.28. The fraction of sp³-hybridized carbons (Fsp3) is 0.0909. The van der Waals surface area contributed by atoms with E-state index in [1.54, 1.807) is 6.20 Å². The van der Waals surface area contributed by atoms with Crippen LogP contribution in [0, 0.1) is 0 Å². The lowest BCUT2D eigenvalue weighted by molar-refractivity contribution is 0.301. The van der Waals surface area contributed by atoms with Crippen molar-refractivity contribution in [3.8, 4) is 17.0 Å². The molecule has 0 saturated carbocycles. The largest absolute Gasteiger partial charge is 0.488 e. The number of nitrogens with zero attached hydrogens (tertiary/aromatic N) is 2. The molecule has 3 rings (SSSR count). The van der Waals surface area contributed by atoms with E-state index < -0.39 is 0 Å². The summed E-state index contributed by atoms with van der Waals surface area (Å²) in [5, 5.41) is 0. The number of aromatic nitrogens is 2. The molecule has 0 unspecified atom stereocenters. The summed E-state index contributed by atoms with van der Waals surface area (Å²) in [5.41, 5.74) is 9.31. The van der Waals surface area contributed by atoms with Crippen molar-refractivity contribution in [3.05, 3.63) is 36.3 Å². The van der Waals surface area contributed by atoms with Crippen molar-refractivity contribution in [2.75, 3.05) is 5.73 Å². The number of rotatable bonds is 0. The molecule has 1 aliphatic rings. The molecule has 0 atom stereocenters. The van der Waals surface area contributed by atoms with Crippen molar-refractivity contribution in [1.29, 1.82) is 0 Å². The SMILES string of the molecule is Nc1ccc2c(c1)-c1ncncc1CO2. The van der Waals surface area contributed by atoms with Crippen LogP contribution in [0.1, 0.15) is 5.56 Å². The van der Waals surface area contributed by atoms with Gasteiger partial charge in [-0.1, -0.05) is 0 Å². The molecule has 0 fully saturated rings. The summed E-state index contributed by atoms with van der Waals surface area (Å²) in [7, 11) is 0. The zero-order chi connectivity index (χ0) is 10.3. The third kappa shape index (κ3) is 1.22. The van der Waals surface area contributed by atoms with Crippen LogP contribution >= 0.6 is 0 Å². The quantitative estimate of drug-likeness (QED) is 0.655. The Kier molecular flexibility index (Phi) is 1.62. The Hall–Kier alpha value is -2.10. The maximum Gasteiger partial charge on any atom is 0.129 e. The van der Waals surface area contributed by atoms with Gasteiger partial charge in [-0.15, -0.1) is 0 Å². The van der Waals surface area contributed by atoms with Crippen LogP contribution in [0.25, 0.3) is 11.3 Å². The Morgan fingerprint density at radius 1 is 1.33 bits per heavy atom. The Labute approximate surface area is 86.7 Å². The highest BCUT2D eigenvalue weighted by molar-refractivity contribution is 5.74. The Morgan fingerprint density at radius 3 is 3.20 bits per heavy atom. The molecule has 0 saturated heterocycles. The van der Waals surface area contributed by atoms with Crippen LogP contribution in [0.4, 0.5) is 5.69 Å². The van der Waals surface area contributed by atoms with Crippen molar-refractivity contribution in [2.24, 2.45) is 0 Å². The summed E-state index contributed by atoms with van der Waals surface area (Å²) >= 11 is 0. The van der Waals surface area contributed by atoms with Crippen molar-refractivity contribution < 1.29 is 4.74 Å². The highest BCUT2D eigenvalue weighted by Crippen LogP contribution is 2.36. The van der Waals surface area contributed by atoms with E-state index in [2.05, 4.69) is 9.97 Å². The molecule has 4 heteroatoms. The topological polar surface area (TPSA) is 61.0 Å². The van der Waals surface area contributed by atoms with Crippen LogP contribution in [-0.4, -0.2) is 9.97 Å². The zero-order valence-corrected chi connectivity index (χ0v) is 7.97. The molecule has 4 nitrogen and oxygen atoms in total. The lowest BCUT2D eigenvalue weighted by atomic mass is 10.0. The van der Waals surface area contributed by atoms with Crippen LogP contribution in [-0.2, 0) is 6.61 Å². The van der Waals surface area contributed by atoms with Crippen molar-refractivity contribution in [2.45, 2.75) is 6.61 Å². The number of fused-ring (bicyclic) bond motifs is 3. The fourth-order valence-corrected chi connectivity index (χ4v) is 1.72. The minimum atomic E-state index is 0.521. The maximum atomic E-state index is 5.74. The molecule has 1 aromatic carbocycles. The lowest BCUT2D eigenvalue weighted by Crippen LogP contribution is -2.07. The zero-order valence-electron chi connectivity index (χ0n) is 7.97. The van der Waals surface area contributed by atoms with Gasteiger partial charge in [0.05, 0.1) is 5.69 Å². The molecule has 0 amide bonds. The number of hydrogen-bond acceptors (Lipinski definition) is 4. The fourth-order valence-electron chi connectivity index (χ4n) is 1.72. The normalized spacial score (nSPS) is 12.5. The second-order valence-electron chi connectivity index (χ2n) is 3.44. The van der Waals surface area contributed by atoms with Crippen LogP contribution in [0.2, 0.25) is 0 Å². The van der Waals surface area contributed by atoms with E-state index in [1.807, 2.05) is 18.2 Å². The van der Waals surface area contributed by atoms with Gasteiger partial charge in [-0.25, -0.2) is 9.97 Å². The first-order valence-corrected chi connectivity index (χ1v) is 4.66. The first kappa shape index (κ1) is 8.23. The summed E-state index contributed by atoms with van der Waals surface area (Å²) in [4.78, 5) is 8.23. The molecule has 0 spiro atoms. The third-order valence-corrected chi connectivity index (χ3v) is 2.43. The monoisotopic (exact) mass is 199 g/mol. The number of anilines is 1. The summed E-state index contributed by atoms with van der Waals surface area (Å²) in [6.07, 6.45) is 3.31. The minimum Gasteiger partial charge on any atom is -0.488 e. The van der Waals surface area contributed by atoms with Crippen LogP contribution in [0.15, 0.2) is 30.7 Å². The standard InChI is InChI=1S/C11H9N3O/c12-8-1-2-10-9(3-8)11-7(5-15-10)4-13-6-14-11/h1-4,6H,5,12H2. The van der Waals surface area contributed by atoms with Gasteiger partial charge in [-0.3, -0.25) is 0 Å². The van der Waals surface area contributed by atoms with E-state index in [4.69, 9.17) is 10.5 Å². The van der Waals surface area contributed by atoms with E-state index in [0.29, 0.717) is 12.3 Å².